The van der Waals surface area contributed by atoms with E-state index in [0.717, 1.165) is 5.69 Å². The maximum atomic E-state index is 13.0. The highest BCUT2D eigenvalue weighted by atomic mass is 19.1. The minimum Gasteiger partial charge on any atom is -0.492 e. The molecule has 2 rings (SSSR count). The molecule has 4 heteroatoms. The zero-order valence-electron chi connectivity index (χ0n) is 10.1. The van der Waals surface area contributed by atoms with E-state index in [1.165, 1.54) is 12.1 Å². The average Bonchev–Trinajstić information content (AvgIpc) is 2.34. The van der Waals surface area contributed by atoms with Crippen molar-refractivity contribution in [3.05, 3.63) is 48.3 Å². The van der Waals surface area contributed by atoms with Crippen molar-refractivity contribution in [2.45, 2.75) is 6.92 Å². The third-order valence-electron chi connectivity index (χ3n) is 2.43. The molecule has 2 aromatic carbocycles. The van der Waals surface area contributed by atoms with Gasteiger partial charge in [-0.05, 0) is 37.3 Å². The van der Waals surface area contributed by atoms with Crippen LogP contribution in [0, 0.1) is 5.82 Å². The second-order valence-electron chi connectivity index (χ2n) is 3.82. The number of rotatable bonds is 4. The third kappa shape index (κ3) is 2.91. The first-order valence-electron chi connectivity index (χ1n) is 5.74. The molecular formula is C14H15FN2O. The molecule has 0 radical (unpaired) electrons. The summed E-state index contributed by atoms with van der Waals surface area (Å²) >= 11 is 0. The molecule has 0 aliphatic heterocycles. The van der Waals surface area contributed by atoms with Crippen molar-refractivity contribution in [1.82, 2.24) is 0 Å². The number of ether oxygens (including phenoxy) is 1. The quantitative estimate of drug-likeness (QED) is 0.811. The number of nitrogens with two attached hydrogens (primary N) is 1. The third-order valence-corrected chi connectivity index (χ3v) is 2.43. The fourth-order valence-electron chi connectivity index (χ4n) is 1.63. The van der Waals surface area contributed by atoms with Crippen LogP contribution in [0.25, 0.3) is 0 Å². The van der Waals surface area contributed by atoms with Crippen LogP contribution >= 0.6 is 0 Å². The van der Waals surface area contributed by atoms with Gasteiger partial charge in [-0.25, -0.2) is 4.39 Å². The summed E-state index contributed by atoms with van der Waals surface area (Å²) in [7, 11) is 0. The summed E-state index contributed by atoms with van der Waals surface area (Å²) in [6.45, 7) is 2.44. The lowest BCUT2D eigenvalue weighted by atomic mass is 10.2. The van der Waals surface area contributed by atoms with Crippen molar-refractivity contribution >= 4 is 17.1 Å². The van der Waals surface area contributed by atoms with E-state index in [2.05, 4.69) is 5.32 Å². The van der Waals surface area contributed by atoms with Gasteiger partial charge in [0.1, 0.15) is 11.6 Å². The Hall–Kier alpha value is -2.23. The van der Waals surface area contributed by atoms with Crippen LogP contribution in [0.5, 0.6) is 5.75 Å². The summed E-state index contributed by atoms with van der Waals surface area (Å²) in [4.78, 5) is 0. The topological polar surface area (TPSA) is 47.3 Å². The first-order valence-corrected chi connectivity index (χ1v) is 5.74. The molecule has 0 bridgehead atoms. The molecule has 0 saturated heterocycles. The first-order chi connectivity index (χ1) is 8.69. The van der Waals surface area contributed by atoms with E-state index in [4.69, 9.17) is 10.5 Å². The highest BCUT2D eigenvalue weighted by molar-refractivity contribution is 5.66. The van der Waals surface area contributed by atoms with E-state index >= 15 is 0 Å². The van der Waals surface area contributed by atoms with E-state index in [0.29, 0.717) is 23.7 Å². The Morgan fingerprint density at radius 1 is 1.17 bits per heavy atom. The molecule has 0 aromatic heterocycles. The Kier molecular flexibility index (Phi) is 3.67. The van der Waals surface area contributed by atoms with E-state index in [9.17, 15) is 4.39 Å². The minimum atomic E-state index is -0.277. The molecule has 0 fully saturated rings. The number of anilines is 3. The van der Waals surface area contributed by atoms with E-state index in [1.807, 2.05) is 13.0 Å². The Morgan fingerprint density at radius 2 is 1.94 bits per heavy atom. The molecule has 0 atom stereocenters. The fraction of sp³-hybridized carbons (Fsp3) is 0.143. The molecule has 3 nitrogen and oxygen atoms in total. The Labute approximate surface area is 105 Å². The van der Waals surface area contributed by atoms with Crippen LogP contribution in [0.4, 0.5) is 21.5 Å². The number of hydrogen-bond donors (Lipinski definition) is 2. The number of hydrogen-bond acceptors (Lipinski definition) is 3. The van der Waals surface area contributed by atoms with Crippen molar-refractivity contribution in [1.29, 1.82) is 0 Å². The van der Waals surface area contributed by atoms with Crippen LogP contribution in [0.15, 0.2) is 42.5 Å². The van der Waals surface area contributed by atoms with Crippen LogP contribution < -0.4 is 15.8 Å². The summed E-state index contributed by atoms with van der Waals surface area (Å²) in [6, 6.07) is 11.6. The van der Waals surface area contributed by atoms with Crippen LogP contribution in [0.2, 0.25) is 0 Å². The Balaban J connectivity index is 2.21. The molecular weight excluding hydrogens is 231 g/mol. The van der Waals surface area contributed by atoms with E-state index in [-0.39, 0.29) is 5.82 Å². The van der Waals surface area contributed by atoms with Crippen molar-refractivity contribution in [3.8, 4) is 5.75 Å². The van der Waals surface area contributed by atoms with Crippen LogP contribution in [-0.2, 0) is 0 Å². The van der Waals surface area contributed by atoms with Gasteiger partial charge < -0.3 is 15.8 Å². The van der Waals surface area contributed by atoms with E-state index < -0.39 is 0 Å². The molecule has 0 spiro atoms. The highest BCUT2D eigenvalue weighted by Gasteiger charge is 2.02. The Bertz CT molecular complexity index is 543. The van der Waals surface area contributed by atoms with Crippen LogP contribution in [0.1, 0.15) is 6.92 Å². The predicted octanol–water partition coefficient (Wildman–Crippen LogP) is 3.55. The van der Waals surface area contributed by atoms with Gasteiger partial charge in [-0.3, -0.25) is 0 Å². The zero-order valence-corrected chi connectivity index (χ0v) is 10.1. The second-order valence-corrected chi connectivity index (χ2v) is 3.82. The molecule has 0 saturated carbocycles. The molecule has 0 aliphatic rings. The summed E-state index contributed by atoms with van der Waals surface area (Å²) in [5.41, 5.74) is 7.85. The molecule has 94 valence electrons. The van der Waals surface area contributed by atoms with E-state index in [1.54, 1.807) is 24.3 Å². The lowest BCUT2D eigenvalue weighted by molar-refractivity contribution is 0.342. The van der Waals surface area contributed by atoms with Gasteiger partial charge in [-0.2, -0.15) is 0 Å². The number of halogens is 1. The molecule has 3 N–H and O–H groups in total. The van der Waals surface area contributed by atoms with Crippen molar-refractivity contribution < 1.29 is 9.13 Å². The SMILES string of the molecule is CCOc1cc(Nc2cccc(F)c2)ccc1N. The second kappa shape index (κ2) is 5.40. The van der Waals surface area contributed by atoms with Gasteiger partial charge in [0.05, 0.1) is 12.3 Å². The summed E-state index contributed by atoms with van der Waals surface area (Å²) in [5.74, 6) is 0.347. The smallest absolute Gasteiger partial charge is 0.144 e. The van der Waals surface area contributed by atoms with Gasteiger partial charge in [0, 0.05) is 17.4 Å². The fourth-order valence-corrected chi connectivity index (χ4v) is 1.63. The maximum Gasteiger partial charge on any atom is 0.144 e. The molecule has 0 aliphatic carbocycles. The largest absolute Gasteiger partial charge is 0.492 e. The van der Waals surface area contributed by atoms with Gasteiger partial charge >= 0.3 is 0 Å². The molecule has 18 heavy (non-hydrogen) atoms. The summed E-state index contributed by atoms with van der Waals surface area (Å²) < 4.78 is 18.4. The van der Waals surface area contributed by atoms with Crippen molar-refractivity contribution in [2.75, 3.05) is 17.7 Å². The molecule has 2 aromatic rings. The van der Waals surface area contributed by atoms with Crippen molar-refractivity contribution in [2.24, 2.45) is 0 Å². The number of nitrogens with one attached hydrogen (secondary N) is 1. The molecule has 0 amide bonds. The van der Waals surface area contributed by atoms with Gasteiger partial charge in [0.25, 0.3) is 0 Å². The van der Waals surface area contributed by atoms with Crippen LogP contribution in [-0.4, -0.2) is 6.61 Å². The van der Waals surface area contributed by atoms with Gasteiger partial charge in [0.2, 0.25) is 0 Å². The Morgan fingerprint density at radius 3 is 2.67 bits per heavy atom. The summed E-state index contributed by atoms with van der Waals surface area (Å²) in [5, 5.41) is 3.10. The highest BCUT2D eigenvalue weighted by Crippen LogP contribution is 2.27. The zero-order chi connectivity index (χ0) is 13.0. The van der Waals surface area contributed by atoms with Gasteiger partial charge in [-0.15, -0.1) is 0 Å². The minimum absolute atomic E-state index is 0.277. The lowest BCUT2D eigenvalue weighted by Crippen LogP contribution is -1.98. The lowest BCUT2D eigenvalue weighted by Gasteiger charge is -2.11. The first kappa shape index (κ1) is 12.2. The van der Waals surface area contributed by atoms with Gasteiger partial charge in [0.15, 0.2) is 0 Å². The van der Waals surface area contributed by atoms with Crippen molar-refractivity contribution in [3.63, 3.8) is 0 Å². The predicted molar refractivity (Wildman–Crippen MR) is 71.7 cm³/mol. The van der Waals surface area contributed by atoms with Gasteiger partial charge in [-0.1, -0.05) is 6.07 Å². The average molecular weight is 246 g/mol. The van der Waals surface area contributed by atoms with Crippen LogP contribution in [0.3, 0.4) is 0 Å². The summed E-state index contributed by atoms with van der Waals surface area (Å²) in [6.07, 6.45) is 0. The number of nitrogen functional groups attached to an aromatic ring is 1. The molecule has 0 heterocycles. The monoisotopic (exact) mass is 246 g/mol. The maximum absolute atomic E-state index is 13.0. The number of benzene rings is 2. The molecule has 0 unspecified atom stereocenters. The normalized spacial score (nSPS) is 10.1. The standard InChI is InChI=1S/C14H15FN2O/c1-2-18-14-9-12(6-7-13(14)16)17-11-5-3-4-10(15)8-11/h3-9,17H,2,16H2,1H3.